The highest BCUT2D eigenvalue weighted by Gasteiger charge is 2.31. The zero-order valence-corrected chi connectivity index (χ0v) is 16.1. The van der Waals surface area contributed by atoms with Crippen molar-refractivity contribution in [3.05, 3.63) is 53.6 Å². The molecule has 2 aromatic carbocycles. The van der Waals surface area contributed by atoms with Crippen LogP contribution < -0.4 is 10.7 Å². The second-order valence-electron chi connectivity index (χ2n) is 7.15. The normalized spacial score (nSPS) is 20.0. The number of hydrogen-bond acceptors (Lipinski definition) is 7. The summed E-state index contributed by atoms with van der Waals surface area (Å²) in [4.78, 5) is 25.6. The maximum atomic E-state index is 13.0. The molecule has 154 valence electrons. The number of hydrazine groups is 1. The first-order chi connectivity index (χ1) is 13.9. The maximum absolute atomic E-state index is 13.0. The third-order valence-corrected chi connectivity index (χ3v) is 5.19. The molecule has 1 saturated heterocycles. The minimum Gasteiger partial charge on any atom is -0.508 e. The van der Waals surface area contributed by atoms with Gasteiger partial charge in [0.15, 0.2) is 17.3 Å². The SMILES string of the molecule is CNN1CCC(C(=O)c2cccc(O)c2O)CC(NC(=O)c2ccc(O)cc2)C1. The van der Waals surface area contributed by atoms with Crippen molar-refractivity contribution in [1.29, 1.82) is 0 Å². The molecule has 0 spiro atoms. The van der Waals surface area contributed by atoms with Crippen LogP contribution in [0.25, 0.3) is 0 Å². The Kier molecular flexibility index (Phi) is 6.36. The lowest BCUT2D eigenvalue weighted by molar-refractivity contribution is 0.0874. The van der Waals surface area contributed by atoms with Gasteiger partial charge in [0.25, 0.3) is 5.91 Å². The molecule has 0 bridgehead atoms. The molecule has 1 fully saturated rings. The standard InChI is InChI=1S/C21H25N3O5/c1-22-24-10-9-14(19(27)17-3-2-4-18(26)20(17)28)11-15(12-24)23-21(29)13-5-7-16(25)8-6-13/h2-8,14-15,22,25-26,28H,9-12H2,1H3,(H,23,29). The Morgan fingerprint density at radius 2 is 1.79 bits per heavy atom. The molecular weight excluding hydrogens is 374 g/mol. The number of ketones is 1. The number of Topliss-reactive ketones (excluding diaryl/α,β-unsaturated/α-hetero) is 1. The quantitative estimate of drug-likeness (QED) is 0.383. The van der Waals surface area contributed by atoms with Gasteiger partial charge < -0.3 is 20.6 Å². The van der Waals surface area contributed by atoms with E-state index in [9.17, 15) is 24.9 Å². The zero-order chi connectivity index (χ0) is 21.0. The minimum absolute atomic E-state index is 0.0777. The number of carbonyl (C=O) groups excluding carboxylic acids is 2. The van der Waals surface area contributed by atoms with E-state index in [1.54, 1.807) is 7.05 Å². The van der Waals surface area contributed by atoms with Gasteiger partial charge >= 0.3 is 0 Å². The largest absolute Gasteiger partial charge is 0.508 e. The summed E-state index contributed by atoms with van der Waals surface area (Å²) in [6.07, 6.45) is 0.941. The average Bonchev–Trinajstić information content (AvgIpc) is 2.92. The fourth-order valence-corrected chi connectivity index (χ4v) is 3.58. The fourth-order valence-electron chi connectivity index (χ4n) is 3.58. The summed E-state index contributed by atoms with van der Waals surface area (Å²) >= 11 is 0. The third kappa shape index (κ3) is 4.85. The van der Waals surface area contributed by atoms with Gasteiger partial charge in [-0.2, -0.15) is 0 Å². The van der Waals surface area contributed by atoms with Crippen LogP contribution in [0.5, 0.6) is 17.2 Å². The summed E-state index contributed by atoms with van der Waals surface area (Å²) in [5.74, 6) is -1.66. The van der Waals surface area contributed by atoms with Crippen LogP contribution in [0.2, 0.25) is 0 Å². The number of phenolic OH excluding ortho intramolecular Hbond substituents is 3. The van der Waals surface area contributed by atoms with Gasteiger partial charge in [0.1, 0.15) is 5.75 Å². The van der Waals surface area contributed by atoms with E-state index in [0.29, 0.717) is 31.5 Å². The van der Waals surface area contributed by atoms with E-state index in [0.717, 1.165) is 0 Å². The fraction of sp³-hybridized carbons (Fsp3) is 0.333. The molecule has 2 unspecified atom stereocenters. The molecule has 0 saturated carbocycles. The number of rotatable bonds is 5. The van der Waals surface area contributed by atoms with Crippen molar-refractivity contribution in [3.8, 4) is 17.2 Å². The highest BCUT2D eigenvalue weighted by Crippen LogP contribution is 2.32. The topological polar surface area (TPSA) is 122 Å². The van der Waals surface area contributed by atoms with E-state index in [1.165, 1.54) is 42.5 Å². The van der Waals surface area contributed by atoms with Crippen LogP contribution >= 0.6 is 0 Å². The van der Waals surface area contributed by atoms with E-state index in [1.807, 2.05) is 5.01 Å². The lowest BCUT2D eigenvalue weighted by Gasteiger charge is -2.24. The highest BCUT2D eigenvalue weighted by atomic mass is 16.3. The molecule has 0 radical (unpaired) electrons. The number of nitrogens with one attached hydrogen (secondary N) is 2. The number of hydrogen-bond donors (Lipinski definition) is 5. The third-order valence-electron chi connectivity index (χ3n) is 5.19. The van der Waals surface area contributed by atoms with Crippen LogP contribution in [-0.2, 0) is 0 Å². The molecule has 1 heterocycles. The molecule has 2 aromatic rings. The Morgan fingerprint density at radius 1 is 1.07 bits per heavy atom. The summed E-state index contributed by atoms with van der Waals surface area (Å²) in [7, 11) is 1.78. The van der Waals surface area contributed by atoms with E-state index >= 15 is 0 Å². The van der Waals surface area contributed by atoms with Gasteiger partial charge in [-0.15, -0.1) is 0 Å². The summed E-state index contributed by atoms with van der Waals surface area (Å²) in [5.41, 5.74) is 3.56. The number of phenols is 3. The van der Waals surface area contributed by atoms with Crippen LogP contribution in [0.1, 0.15) is 33.6 Å². The van der Waals surface area contributed by atoms with Crippen LogP contribution in [-0.4, -0.2) is 58.2 Å². The van der Waals surface area contributed by atoms with Gasteiger partial charge in [-0.3, -0.25) is 15.0 Å². The monoisotopic (exact) mass is 399 g/mol. The Bertz CT molecular complexity index is 884. The number of nitrogens with zero attached hydrogens (tertiary/aromatic N) is 1. The van der Waals surface area contributed by atoms with E-state index in [2.05, 4.69) is 10.7 Å². The molecule has 1 amide bonds. The summed E-state index contributed by atoms with van der Waals surface area (Å²) < 4.78 is 0. The molecule has 0 aliphatic carbocycles. The molecule has 1 aliphatic rings. The Morgan fingerprint density at radius 3 is 2.48 bits per heavy atom. The van der Waals surface area contributed by atoms with Crippen molar-refractivity contribution < 1.29 is 24.9 Å². The van der Waals surface area contributed by atoms with Crippen molar-refractivity contribution in [2.24, 2.45) is 5.92 Å². The number of amides is 1. The summed E-state index contributed by atoms with van der Waals surface area (Å²) in [5, 5.41) is 34.0. The molecule has 29 heavy (non-hydrogen) atoms. The highest BCUT2D eigenvalue weighted by molar-refractivity contribution is 6.01. The molecule has 0 aromatic heterocycles. The molecule has 8 nitrogen and oxygen atoms in total. The van der Waals surface area contributed by atoms with Gasteiger partial charge in [-0.1, -0.05) is 6.07 Å². The number of benzene rings is 2. The molecule has 8 heteroatoms. The second-order valence-corrected chi connectivity index (χ2v) is 7.15. The van der Waals surface area contributed by atoms with Crippen LogP contribution in [0.15, 0.2) is 42.5 Å². The Hall–Kier alpha value is -3.10. The molecule has 5 N–H and O–H groups in total. The van der Waals surface area contributed by atoms with E-state index in [4.69, 9.17) is 0 Å². The lowest BCUT2D eigenvalue weighted by atomic mass is 9.89. The van der Waals surface area contributed by atoms with E-state index < -0.39 is 11.7 Å². The predicted molar refractivity (Wildman–Crippen MR) is 107 cm³/mol. The molecular formula is C21H25N3O5. The first-order valence-electron chi connectivity index (χ1n) is 9.46. The van der Waals surface area contributed by atoms with Gasteiger partial charge in [-0.25, -0.2) is 5.01 Å². The van der Waals surface area contributed by atoms with Gasteiger partial charge in [0, 0.05) is 30.6 Å². The van der Waals surface area contributed by atoms with Crippen molar-refractivity contribution >= 4 is 11.7 Å². The van der Waals surface area contributed by atoms with Gasteiger partial charge in [0.2, 0.25) is 0 Å². The van der Waals surface area contributed by atoms with E-state index in [-0.39, 0.29) is 34.8 Å². The van der Waals surface area contributed by atoms with Crippen molar-refractivity contribution in [1.82, 2.24) is 15.8 Å². The van der Waals surface area contributed by atoms with Crippen LogP contribution in [0, 0.1) is 5.92 Å². The second kappa shape index (κ2) is 8.93. The Balaban J connectivity index is 1.78. The zero-order valence-electron chi connectivity index (χ0n) is 16.1. The molecule has 2 atom stereocenters. The van der Waals surface area contributed by atoms with Crippen LogP contribution in [0.3, 0.4) is 0 Å². The van der Waals surface area contributed by atoms with Gasteiger partial charge in [-0.05, 0) is 56.3 Å². The van der Waals surface area contributed by atoms with Gasteiger partial charge in [0.05, 0.1) is 5.56 Å². The molecule has 1 aliphatic heterocycles. The average molecular weight is 399 g/mol. The van der Waals surface area contributed by atoms with Crippen molar-refractivity contribution in [3.63, 3.8) is 0 Å². The smallest absolute Gasteiger partial charge is 0.251 e. The summed E-state index contributed by atoms with van der Waals surface area (Å²) in [6.45, 7) is 1.11. The number of carbonyl (C=O) groups is 2. The Labute approximate surface area is 168 Å². The maximum Gasteiger partial charge on any atom is 0.251 e. The van der Waals surface area contributed by atoms with Crippen LogP contribution in [0.4, 0.5) is 0 Å². The summed E-state index contributed by atoms with van der Waals surface area (Å²) in [6, 6.07) is 9.97. The number of aromatic hydroxyl groups is 3. The first-order valence-corrected chi connectivity index (χ1v) is 9.46. The predicted octanol–water partition coefficient (Wildman–Crippen LogP) is 1.63. The number of para-hydroxylation sites is 1. The molecule has 3 rings (SSSR count). The van der Waals surface area contributed by atoms with Crippen molar-refractivity contribution in [2.45, 2.75) is 18.9 Å². The minimum atomic E-state index is -0.425. The van der Waals surface area contributed by atoms with Crippen molar-refractivity contribution in [2.75, 3.05) is 20.1 Å². The lowest BCUT2D eigenvalue weighted by Crippen LogP contribution is -2.46. The first kappa shape index (κ1) is 20.6.